The first-order chi connectivity index (χ1) is 13.1. The van der Waals surface area contributed by atoms with Crippen LogP contribution in [0.25, 0.3) is 10.2 Å². The van der Waals surface area contributed by atoms with Gasteiger partial charge in [0.15, 0.2) is 0 Å². The van der Waals surface area contributed by atoms with Gasteiger partial charge in [-0.2, -0.15) is 0 Å². The van der Waals surface area contributed by atoms with Crippen LogP contribution in [-0.4, -0.2) is 35.3 Å². The van der Waals surface area contributed by atoms with Gasteiger partial charge in [-0.1, -0.05) is 18.2 Å². The molecule has 0 bridgehead atoms. The third-order valence-corrected chi connectivity index (χ3v) is 6.98. The molecule has 1 aromatic heterocycles. The summed E-state index contributed by atoms with van der Waals surface area (Å²) in [5.74, 6) is 1.56. The zero-order valence-corrected chi connectivity index (χ0v) is 17.0. The Morgan fingerprint density at radius 2 is 1.78 bits per heavy atom. The maximum Gasteiger partial charge on any atom is 0.237 e. The topological polar surface area (TPSA) is 51.7 Å². The van der Waals surface area contributed by atoms with E-state index in [1.807, 2.05) is 48.2 Å². The lowest BCUT2D eigenvalue weighted by atomic mass is 10.1. The standard InChI is InChI=1S/C20H20N2O3S2/c1-12-19(23)22(11-17-21-13-7-4-5-10-16(13)27-17)20(26-12)18-14(24-2)8-6-9-15(18)25-3/h4-10,12,20H,11H2,1-3H3. The molecule has 2 atom stereocenters. The largest absolute Gasteiger partial charge is 0.496 e. The summed E-state index contributed by atoms with van der Waals surface area (Å²) < 4.78 is 12.3. The molecule has 27 heavy (non-hydrogen) atoms. The summed E-state index contributed by atoms with van der Waals surface area (Å²) in [6.45, 7) is 2.42. The SMILES string of the molecule is COc1cccc(OC)c1C1SC(C)C(=O)N1Cc1nc2ccccc2s1. The molecule has 0 spiro atoms. The molecular weight excluding hydrogens is 380 g/mol. The number of rotatable bonds is 5. The fourth-order valence-corrected chi connectivity index (χ4v) is 5.61. The highest BCUT2D eigenvalue weighted by Gasteiger charge is 2.41. The number of aromatic nitrogens is 1. The Morgan fingerprint density at radius 3 is 2.44 bits per heavy atom. The average molecular weight is 401 g/mol. The van der Waals surface area contributed by atoms with Gasteiger partial charge in [0.2, 0.25) is 5.91 Å². The summed E-state index contributed by atoms with van der Waals surface area (Å²) in [5.41, 5.74) is 1.86. The number of carbonyl (C=O) groups is 1. The normalized spacial score (nSPS) is 19.7. The molecule has 0 N–H and O–H groups in total. The highest BCUT2D eigenvalue weighted by Crippen LogP contribution is 2.50. The number of benzene rings is 2. The number of ether oxygens (including phenoxy) is 2. The van der Waals surface area contributed by atoms with E-state index in [4.69, 9.17) is 14.5 Å². The third kappa shape index (κ3) is 3.26. The van der Waals surface area contributed by atoms with Crippen molar-refractivity contribution in [2.75, 3.05) is 14.2 Å². The number of methoxy groups -OCH3 is 2. The minimum absolute atomic E-state index is 0.109. The van der Waals surface area contributed by atoms with Gasteiger partial charge in [0.25, 0.3) is 0 Å². The number of fused-ring (bicyclic) bond motifs is 1. The molecule has 0 aliphatic carbocycles. The molecule has 140 valence electrons. The van der Waals surface area contributed by atoms with E-state index in [0.29, 0.717) is 6.54 Å². The van der Waals surface area contributed by atoms with Gasteiger partial charge >= 0.3 is 0 Å². The van der Waals surface area contributed by atoms with Crippen LogP contribution in [0, 0.1) is 0 Å². The molecule has 1 fully saturated rings. The van der Waals surface area contributed by atoms with Gasteiger partial charge in [-0.25, -0.2) is 4.98 Å². The van der Waals surface area contributed by atoms with Crippen LogP contribution in [0.15, 0.2) is 42.5 Å². The van der Waals surface area contributed by atoms with Crippen molar-refractivity contribution in [3.63, 3.8) is 0 Å². The first kappa shape index (κ1) is 18.1. The third-order valence-electron chi connectivity index (χ3n) is 4.60. The molecule has 2 unspecified atom stereocenters. The lowest BCUT2D eigenvalue weighted by Gasteiger charge is -2.26. The Labute approximate surface area is 166 Å². The van der Waals surface area contributed by atoms with Gasteiger partial charge in [-0.15, -0.1) is 23.1 Å². The molecule has 7 heteroatoms. The second-order valence-electron chi connectivity index (χ2n) is 6.25. The quantitative estimate of drug-likeness (QED) is 0.632. The minimum atomic E-state index is -0.175. The number of amides is 1. The van der Waals surface area contributed by atoms with Crippen molar-refractivity contribution in [3.8, 4) is 11.5 Å². The summed E-state index contributed by atoms with van der Waals surface area (Å²) >= 11 is 3.24. The summed E-state index contributed by atoms with van der Waals surface area (Å²) in [4.78, 5) is 19.5. The Balaban J connectivity index is 1.73. The Bertz CT molecular complexity index is 933. The van der Waals surface area contributed by atoms with E-state index < -0.39 is 0 Å². The number of thioether (sulfide) groups is 1. The van der Waals surface area contributed by atoms with Crippen molar-refractivity contribution in [1.29, 1.82) is 0 Å². The van der Waals surface area contributed by atoms with E-state index in [2.05, 4.69) is 6.07 Å². The number of hydrogen-bond acceptors (Lipinski definition) is 6. The van der Waals surface area contributed by atoms with Crippen molar-refractivity contribution < 1.29 is 14.3 Å². The monoisotopic (exact) mass is 400 g/mol. The van der Waals surface area contributed by atoms with E-state index >= 15 is 0 Å². The van der Waals surface area contributed by atoms with Crippen LogP contribution in [0.4, 0.5) is 0 Å². The average Bonchev–Trinajstić information content (AvgIpc) is 3.22. The number of hydrogen-bond donors (Lipinski definition) is 0. The summed E-state index contributed by atoms with van der Waals surface area (Å²) in [6.07, 6.45) is 0. The Hall–Kier alpha value is -2.25. The van der Waals surface area contributed by atoms with E-state index in [-0.39, 0.29) is 16.5 Å². The van der Waals surface area contributed by atoms with Crippen molar-refractivity contribution in [2.45, 2.75) is 24.1 Å². The smallest absolute Gasteiger partial charge is 0.237 e. The maximum absolute atomic E-state index is 12.9. The van der Waals surface area contributed by atoms with Gasteiger partial charge in [-0.3, -0.25) is 4.79 Å². The number of carbonyl (C=O) groups excluding carboxylic acids is 1. The summed E-state index contributed by atoms with van der Waals surface area (Å²) in [6, 6.07) is 13.7. The molecular formula is C20H20N2O3S2. The van der Waals surface area contributed by atoms with Crippen molar-refractivity contribution >= 4 is 39.2 Å². The van der Waals surface area contributed by atoms with Gasteiger partial charge < -0.3 is 14.4 Å². The predicted octanol–water partition coefficient (Wildman–Crippen LogP) is 4.48. The Kier molecular flexibility index (Phi) is 4.97. The molecule has 0 saturated carbocycles. The zero-order valence-electron chi connectivity index (χ0n) is 15.3. The number of thiazole rings is 1. The predicted molar refractivity (Wildman–Crippen MR) is 110 cm³/mol. The lowest BCUT2D eigenvalue weighted by Crippen LogP contribution is -2.30. The fraction of sp³-hybridized carbons (Fsp3) is 0.300. The lowest BCUT2D eigenvalue weighted by molar-refractivity contribution is -0.130. The van der Waals surface area contributed by atoms with Crippen LogP contribution in [0.5, 0.6) is 11.5 Å². The van der Waals surface area contributed by atoms with Crippen LogP contribution in [-0.2, 0) is 11.3 Å². The molecule has 4 rings (SSSR count). The highest BCUT2D eigenvalue weighted by atomic mass is 32.2. The fourth-order valence-electron chi connectivity index (χ4n) is 3.32. The summed E-state index contributed by atoms with van der Waals surface area (Å²) in [7, 11) is 3.28. The minimum Gasteiger partial charge on any atom is -0.496 e. The van der Waals surface area contributed by atoms with E-state index in [1.165, 1.54) is 0 Å². The second-order valence-corrected chi connectivity index (χ2v) is 8.79. The molecule has 2 heterocycles. The van der Waals surface area contributed by atoms with Gasteiger partial charge in [0, 0.05) is 0 Å². The molecule has 2 aromatic carbocycles. The van der Waals surface area contributed by atoms with Crippen LogP contribution in [0.2, 0.25) is 0 Å². The maximum atomic E-state index is 12.9. The molecule has 1 aliphatic rings. The summed E-state index contributed by atoms with van der Waals surface area (Å²) in [5, 5.41) is 0.628. The van der Waals surface area contributed by atoms with Crippen LogP contribution in [0.3, 0.4) is 0 Å². The molecule has 0 radical (unpaired) electrons. The van der Waals surface area contributed by atoms with Crippen LogP contribution < -0.4 is 9.47 Å². The van der Waals surface area contributed by atoms with E-state index in [0.717, 1.165) is 32.3 Å². The van der Waals surface area contributed by atoms with Gasteiger partial charge in [0.05, 0.1) is 41.8 Å². The molecule has 3 aromatic rings. The zero-order chi connectivity index (χ0) is 19.0. The van der Waals surface area contributed by atoms with E-state index in [9.17, 15) is 4.79 Å². The van der Waals surface area contributed by atoms with Crippen LogP contribution in [0.1, 0.15) is 22.9 Å². The van der Waals surface area contributed by atoms with E-state index in [1.54, 1.807) is 37.3 Å². The number of nitrogens with zero attached hydrogens (tertiary/aromatic N) is 2. The van der Waals surface area contributed by atoms with Crippen molar-refractivity contribution in [2.24, 2.45) is 0 Å². The number of para-hydroxylation sites is 1. The van der Waals surface area contributed by atoms with Gasteiger partial charge in [-0.05, 0) is 31.2 Å². The highest BCUT2D eigenvalue weighted by molar-refractivity contribution is 8.01. The molecule has 1 amide bonds. The molecule has 1 saturated heterocycles. The molecule has 1 aliphatic heterocycles. The first-order valence-electron chi connectivity index (χ1n) is 8.63. The Morgan fingerprint density at radius 1 is 1.07 bits per heavy atom. The van der Waals surface area contributed by atoms with Crippen molar-refractivity contribution in [3.05, 3.63) is 53.0 Å². The first-order valence-corrected chi connectivity index (χ1v) is 10.4. The van der Waals surface area contributed by atoms with Gasteiger partial charge in [0.1, 0.15) is 21.9 Å². The van der Waals surface area contributed by atoms with Crippen molar-refractivity contribution in [1.82, 2.24) is 9.88 Å². The second kappa shape index (κ2) is 7.40. The van der Waals surface area contributed by atoms with Crippen LogP contribution >= 0.6 is 23.1 Å². The molecule has 5 nitrogen and oxygen atoms in total.